The number of anilines is 2. The van der Waals surface area contributed by atoms with E-state index in [-0.39, 0.29) is 31.0 Å². The van der Waals surface area contributed by atoms with Crippen molar-refractivity contribution in [2.24, 2.45) is 11.8 Å². The highest BCUT2D eigenvalue weighted by Gasteiger charge is 2.47. The van der Waals surface area contributed by atoms with Crippen LogP contribution in [0.2, 0.25) is 0 Å². The Labute approximate surface area is 440 Å². The molecule has 0 amide bonds. The maximum absolute atomic E-state index is 13.4. The van der Waals surface area contributed by atoms with Gasteiger partial charge in [-0.15, -0.1) is 0 Å². The zero-order valence-electron chi connectivity index (χ0n) is 42.9. The van der Waals surface area contributed by atoms with Crippen molar-refractivity contribution < 1.29 is 47.6 Å². The first-order valence-electron chi connectivity index (χ1n) is 26.1. The number of hydrogen-bond acceptors (Lipinski definition) is 12. The summed E-state index contributed by atoms with van der Waals surface area (Å²) in [5.41, 5.74) is 17.8. The third kappa shape index (κ3) is 17.0. The molecule has 4 N–H and O–H groups in total. The van der Waals surface area contributed by atoms with Crippen LogP contribution in [0.3, 0.4) is 0 Å². The summed E-state index contributed by atoms with van der Waals surface area (Å²) in [5.74, 6) is -0.429. The fourth-order valence-corrected chi connectivity index (χ4v) is 9.04. The van der Waals surface area contributed by atoms with Crippen molar-refractivity contribution in [1.82, 2.24) is 0 Å². The standard InChI is InChI=1S/C63H68N2O10/c1-3-5-7-9-39-70-53-33-21-48(22-34-53)62(68)74-55-29-11-44(12-30-55)15-37-59(66)72-42-50(61-57(46-17-25-51(64)26-18-46)41-58(61)47-19-27-52(65)28-20-47)43-73-60(67)38-16-45-13-31-56(32-14-45)75-63(69)49-23-35-54(36-24-49)71-40-10-8-6-4-2/h11-38,50,57-58,61H,3-10,39-43,64-65H2,1-2H3/b37-15+,38-16+. The molecule has 1 fully saturated rings. The molecule has 0 heterocycles. The van der Waals surface area contributed by atoms with Crippen LogP contribution in [0.25, 0.3) is 12.2 Å². The van der Waals surface area contributed by atoms with E-state index in [0.717, 1.165) is 56.1 Å². The van der Waals surface area contributed by atoms with E-state index in [4.69, 9.17) is 39.9 Å². The van der Waals surface area contributed by atoms with Crippen molar-refractivity contribution in [2.75, 3.05) is 37.9 Å². The number of unbranched alkanes of at least 4 members (excludes halogenated alkanes) is 6. The highest BCUT2D eigenvalue weighted by Crippen LogP contribution is 2.56. The molecule has 2 unspecified atom stereocenters. The number of carbonyl (C=O) groups is 4. The second kappa shape index (κ2) is 28.4. The number of benzene rings is 6. The molecule has 0 spiro atoms. The lowest BCUT2D eigenvalue weighted by atomic mass is 9.55. The smallest absolute Gasteiger partial charge is 0.343 e. The largest absolute Gasteiger partial charge is 0.494 e. The van der Waals surface area contributed by atoms with Gasteiger partial charge in [0.15, 0.2) is 0 Å². The number of nitrogen functional groups attached to an aromatic ring is 2. The van der Waals surface area contributed by atoms with E-state index in [1.54, 1.807) is 109 Å². The first-order chi connectivity index (χ1) is 36.5. The fourth-order valence-electron chi connectivity index (χ4n) is 9.04. The van der Waals surface area contributed by atoms with E-state index in [0.29, 0.717) is 69.8 Å². The van der Waals surface area contributed by atoms with Crippen molar-refractivity contribution >= 4 is 47.4 Å². The molecule has 75 heavy (non-hydrogen) atoms. The van der Waals surface area contributed by atoms with Crippen molar-refractivity contribution in [3.63, 3.8) is 0 Å². The van der Waals surface area contributed by atoms with E-state index >= 15 is 0 Å². The number of nitrogens with two attached hydrogens (primary N) is 2. The van der Waals surface area contributed by atoms with Gasteiger partial charge in [-0.2, -0.15) is 0 Å². The summed E-state index contributed by atoms with van der Waals surface area (Å²) < 4.78 is 34.6. The molecule has 2 atom stereocenters. The van der Waals surface area contributed by atoms with Gasteiger partial charge in [-0.1, -0.05) is 101 Å². The number of ether oxygens (including phenoxy) is 6. The Morgan fingerprint density at radius 3 is 1.23 bits per heavy atom. The first kappa shape index (κ1) is 54.6. The quantitative estimate of drug-likeness (QED) is 0.0164. The number of esters is 4. The average Bonchev–Trinajstić information content (AvgIpc) is 3.42. The molecule has 1 saturated carbocycles. The molecule has 1 aliphatic rings. The minimum absolute atomic E-state index is 0.0278. The van der Waals surface area contributed by atoms with Crippen molar-refractivity contribution in [3.8, 4) is 23.0 Å². The zero-order valence-corrected chi connectivity index (χ0v) is 42.9. The van der Waals surface area contributed by atoms with Crippen LogP contribution in [0.1, 0.15) is 126 Å². The van der Waals surface area contributed by atoms with Gasteiger partial charge in [0, 0.05) is 29.4 Å². The van der Waals surface area contributed by atoms with E-state index < -0.39 is 29.8 Å². The van der Waals surface area contributed by atoms with Crippen LogP contribution in [-0.4, -0.2) is 50.3 Å². The van der Waals surface area contributed by atoms with Gasteiger partial charge >= 0.3 is 23.9 Å². The van der Waals surface area contributed by atoms with Crippen LogP contribution in [0.5, 0.6) is 23.0 Å². The molecule has 0 aliphatic heterocycles. The van der Waals surface area contributed by atoms with Gasteiger partial charge in [0.05, 0.1) is 37.6 Å². The van der Waals surface area contributed by atoms with Gasteiger partial charge in [-0.05, 0) is 168 Å². The average molecular weight is 1010 g/mol. The van der Waals surface area contributed by atoms with E-state index in [2.05, 4.69) is 13.8 Å². The molecule has 390 valence electrons. The second-order valence-corrected chi connectivity index (χ2v) is 18.8. The summed E-state index contributed by atoms with van der Waals surface area (Å²) in [6.07, 6.45) is 15.6. The maximum Gasteiger partial charge on any atom is 0.343 e. The van der Waals surface area contributed by atoms with Crippen LogP contribution < -0.4 is 30.4 Å². The Morgan fingerprint density at radius 1 is 0.480 bits per heavy atom. The molecular formula is C63H68N2O10. The van der Waals surface area contributed by atoms with Crippen molar-refractivity contribution in [1.29, 1.82) is 0 Å². The van der Waals surface area contributed by atoms with Crippen LogP contribution >= 0.6 is 0 Å². The minimum atomic E-state index is -0.576. The zero-order chi connectivity index (χ0) is 52.8. The Morgan fingerprint density at radius 2 is 0.853 bits per heavy atom. The molecule has 0 saturated heterocycles. The van der Waals surface area contributed by atoms with Gasteiger partial charge in [-0.3, -0.25) is 0 Å². The summed E-state index contributed by atoms with van der Waals surface area (Å²) in [4.78, 5) is 52.5. The third-order valence-electron chi connectivity index (χ3n) is 13.3. The lowest BCUT2D eigenvalue weighted by Gasteiger charge is -2.49. The summed E-state index contributed by atoms with van der Waals surface area (Å²) in [7, 11) is 0. The molecule has 7 rings (SSSR count). The molecule has 0 radical (unpaired) electrons. The third-order valence-corrected chi connectivity index (χ3v) is 13.3. The van der Waals surface area contributed by atoms with Crippen LogP contribution in [-0.2, 0) is 19.1 Å². The number of carbonyl (C=O) groups excluding carboxylic acids is 4. The Hall–Kier alpha value is -8.12. The van der Waals surface area contributed by atoms with Crippen LogP contribution in [0.15, 0.2) is 158 Å². The van der Waals surface area contributed by atoms with Gasteiger partial charge in [-0.25, -0.2) is 19.2 Å². The number of hydrogen-bond donors (Lipinski definition) is 2. The highest BCUT2D eigenvalue weighted by atomic mass is 16.6. The van der Waals surface area contributed by atoms with E-state index in [9.17, 15) is 19.2 Å². The summed E-state index contributed by atoms with van der Waals surface area (Å²) in [5, 5.41) is 0. The molecule has 1 aliphatic carbocycles. The Balaban J connectivity index is 0.960. The molecule has 6 aromatic rings. The van der Waals surface area contributed by atoms with Crippen LogP contribution in [0.4, 0.5) is 11.4 Å². The van der Waals surface area contributed by atoms with E-state index in [1.165, 1.54) is 25.0 Å². The monoisotopic (exact) mass is 1010 g/mol. The second-order valence-electron chi connectivity index (χ2n) is 18.8. The van der Waals surface area contributed by atoms with Gasteiger partial charge in [0.25, 0.3) is 0 Å². The summed E-state index contributed by atoms with van der Waals surface area (Å²) in [6.45, 7) is 5.54. The Bertz CT molecular complexity index is 2610. The first-order valence-corrected chi connectivity index (χ1v) is 26.1. The topological polar surface area (TPSA) is 176 Å². The highest BCUT2D eigenvalue weighted by molar-refractivity contribution is 5.92. The molecule has 0 bridgehead atoms. The fraction of sp³-hybridized carbons (Fsp3) is 0.302. The van der Waals surface area contributed by atoms with Crippen molar-refractivity contribution in [3.05, 3.63) is 191 Å². The minimum Gasteiger partial charge on any atom is -0.494 e. The van der Waals surface area contributed by atoms with Crippen LogP contribution in [0, 0.1) is 11.8 Å². The number of rotatable bonds is 27. The molecule has 6 aromatic carbocycles. The molecular weight excluding hydrogens is 945 g/mol. The normalized spacial score (nSPS) is 15.1. The summed E-state index contributed by atoms with van der Waals surface area (Å²) >= 11 is 0. The van der Waals surface area contributed by atoms with Gasteiger partial charge < -0.3 is 39.9 Å². The Kier molecular flexibility index (Phi) is 20.7. The van der Waals surface area contributed by atoms with E-state index in [1.807, 2.05) is 48.5 Å². The lowest BCUT2D eigenvalue weighted by Crippen LogP contribution is -2.42. The maximum atomic E-state index is 13.4. The lowest BCUT2D eigenvalue weighted by molar-refractivity contribution is -0.145. The molecule has 12 nitrogen and oxygen atoms in total. The predicted octanol–water partition coefficient (Wildman–Crippen LogP) is 13.2. The summed E-state index contributed by atoms with van der Waals surface area (Å²) in [6, 6.07) is 42.8. The van der Waals surface area contributed by atoms with Gasteiger partial charge in [0.1, 0.15) is 23.0 Å². The van der Waals surface area contributed by atoms with Crippen molar-refractivity contribution in [2.45, 2.75) is 83.5 Å². The van der Waals surface area contributed by atoms with Gasteiger partial charge in [0.2, 0.25) is 0 Å². The predicted molar refractivity (Wildman–Crippen MR) is 294 cm³/mol. The molecule has 12 heteroatoms. The molecule has 0 aromatic heterocycles. The SMILES string of the molecule is CCCCCCOc1ccc(C(=O)Oc2ccc(/C=C/C(=O)OCC(COC(=O)/C=C/c3ccc(OC(=O)c4ccc(OCCCCCC)cc4)cc3)C3C(c4ccc(N)cc4)CC3c3ccc(N)cc3)cc2)cc1.